The number of amides is 1. The number of hydrogen-bond donors (Lipinski definition) is 0. The third-order valence-corrected chi connectivity index (χ3v) is 3.28. The van der Waals surface area contributed by atoms with Crippen molar-refractivity contribution >= 4 is 17.7 Å². The summed E-state index contributed by atoms with van der Waals surface area (Å²) in [5, 5.41) is 0.142. The molecule has 0 spiro atoms. The Labute approximate surface area is 78.7 Å². The summed E-state index contributed by atoms with van der Waals surface area (Å²) in [4.78, 5) is 13.6. The Morgan fingerprint density at radius 1 is 1.33 bits per heavy atom. The van der Waals surface area contributed by atoms with Gasteiger partial charge < -0.3 is 4.90 Å². The highest BCUT2D eigenvalue weighted by Crippen LogP contribution is 2.14. The van der Waals surface area contributed by atoms with Gasteiger partial charge in [0.1, 0.15) is 0 Å². The number of piperidine rings is 1. The number of rotatable bonds is 2. The van der Waals surface area contributed by atoms with Crippen LogP contribution in [-0.2, 0) is 4.79 Å². The van der Waals surface area contributed by atoms with E-state index in [0.717, 1.165) is 13.1 Å². The molecule has 1 amide bonds. The third kappa shape index (κ3) is 2.41. The first-order valence-corrected chi connectivity index (χ1v) is 5.86. The van der Waals surface area contributed by atoms with E-state index in [2.05, 4.69) is 0 Å². The Kier molecular flexibility index (Phi) is 3.92. The first-order valence-electron chi connectivity index (χ1n) is 4.57. The molecule has 3 heteroatoms. The van der Waals surface area contributed by atoms with E-state index < -0.39 is 0 Å². The summed E-state index contributed by atoms with van der Waals surface area (Å²) in [6.45, 7) is 3.94. The summed E-state index contributed by atoms with van der Waals surface area (Å²) in [6, 6.07) is 0. The SMILES string of the molecule is CSC(C)C(=O)N1CCCCC1. The zero-order valence-corrected chi connectivity index (χ0v) is 8.69. The van der Waals surface area contributed by atoms with Gasteiger partial charge in [0, 0.05) is 13.1 Å². The number of thioether (sulfide) groups is 1. The van der Waals surface area contributed by atoms with Crippen LogP contribution >= 0.6 is 11.8 Å². The lowest BCUT2D eigenvalue weighted by molar-refractivity contribution is -0.131. The number of carbonyl (C=O) groups is 1. The van der Waals surface area contributed by atoms with E-state index in [1.807, 2.05) is 18.1 Å². The van der Waals surface area contributed by atoms with E-state index in [9.17, 15) is 4.79 Å². The zero-order valence-electron chi connectivity index (χ0n) is 7.88. The lowest BCUT2D eigenvalue weighted by Crippen LogP contribution is -2.39. The third-order valence-electron chi connectivity index (χ3n) is 2.37. The molecule has 70 valence electrons. The molecule has 1 rings (SSSR count). The monoisotopic (exact) mass is 187 g/mol. The average Bonchev–Trinajstić information content (AvgIpc) is 2.17. The lowest BCUT2D eigenvalue weighted by atomic mass is 10.1. The molecule has 0 radical (unpaired) electrons. The molecule has 0 aromatic carbocycles. The minimum Gasteiger partial charge on any atom is -0.342 e. The maximum absolute atomic E-state index is 11.6. The Hall–Kier alpha value is -0.180. The fraction of sp³-hybridized carbons (Fsp3) is 0.889. The van der Waals surface area contributed by atoms with Gasteiger partial charge in [0.05, 0.1) is 5.25 Å². The Morgan fingerprint density at radius 3 is 2.42 bits per heavy atom. The van der Waals surface area contributed by atoms with Crippen molar-refractivity contribution in [1.29, 1.82) is 0 Å². The normalized spacial score (nSPS) is 20.7. The molecule has 2 nitrogen and oxygen atoms in total. The van der Waals surface area contributed by atoms with Crippen LogP contribution in [0.3, 0.4) is 0 Å². The first-order chi connectivity index (χ1) is 5.75. The summed E-state index contributed by atoms with van der Waals surface area (Å²) < 4.78 is 0. The van der Waals surface area contributed by atoms with Crippen LogP contribution in [0.1, 0.15) is 26.2 Å². The predicted octanol–water partition coefficient (Wildman–Crippen LogP) is 1.75. The second-order valence-electron chi connectivity index (χ2n) is 3.26. The van der Waals surface area contributed by atoms with Gasteiger partial charge in [0.25, 0.3) is 0 Å². The largest absolute Gasteiger partial charge is 0.342 e. The van der Waals surface area contributed by atoms with Crippen LogP contribution < -0.4 is 0 Å². The smallest absolute Gasteiger partial charge is 0.235 e. The van der Waals surface area contributed by atoms with E-state index in [1.165, 1.54) is 19.3 Å². The van der Waals surface area contributed by atoms with Gasteiger partial charge in [-0.25, -0.2) is 0 Å². The fourth-order valence-corrected chi connectivity index (χ4v) is 1.82. The average molecular weight is 187 g/mol. The predicted molar refractivity (Wildman–Crippen MR) is 53.4 cm³/mol. The Balaban J connectivity index is 2.39. The molecule has 1 saturated heterocycles. The Bertz CT molecular complexity index is 155. The molecule has 0 aromatic rings. The minimum atomic E-state index is 0.142. The summed E-state index contributed by atoms with van der Waals surface area (Å²) in [5.74, 6) is 0.321. The molecule has 1 unspecified atom stereocenters. The first kappa shape index (κ1) is 9.90. The van der Waals surface area contributed by atoms with Gasteiger partial charge in [-0.3, -0.25) is 4.79 Å². The topological polar surface area (TPSA) is 20.3 Å². The van der Waals surface area contributed by atoms with Crippen LogP contribution in [-0.4, -0.2) is 35.4 Å². The number of likely N-dealkylation sites (tertiary alicyclic amines) is 1. The van der Waals surface area contributed by atoms with Crippen molar-refractivity contribution in [3.05, 3.63) is 0 Å². The molecular formula is C9H17NOS. The van der Waals surface area contributed by atoms with Gasteiger partial charge in [0.15, 0.2) is 0 Å². The molecule has 1 heterocycles. The van der Waals surface area contributed by atoms with Gasteiger partial charge in [0.2, 0.25) is 5.91 Å². The highest BCUT2D eigenvalue weighted by atomic mass is 32.2. The van der Waals surface area contributed by atoms with E-state index >= 15 is 0 Å². The Morgan fingerprint density at radius 2 is 1.92 bits per heavy atom. The minimum absolute atomic E-state index is 0.142. The highest BCUT2D eigenvalue weighted by Gasteiger charge is 2.20. The van der Waals surface area contributed by atoms with Crippen LogP contribution in [0.5, 0.6) is 0 Å². The van der Waals surface area contributed by atoms with Gasteiger partial charge in [-0.2, -0.15) is 11.8 Å². The van der Waals surface area contributed by atoms with E-state index in [-0.39, 0.29) is 5.25 Å². The van der Waals surface area contributed by atoms with E-state index in [0.29, 0.717) is 5.91 Å². The maximum atomic E-state index is 11.6. The van der Waals surface area contributed by atoms with Crippen molar-refractivity contribution in [1.82, 2.24) is 4.90 Å². The van der Waals surface area contributed by atoms with Crippen molar-refractivity contribution in [2.24, 2.45) is 0 Å². The van der Waals surface area contributed by atoms with Crippen LogP contribution in [0.2, 0.25) is 0 Å². The molecule has 1 aliphatic heterocycles. The molecule has 1 fully saturated rings. The maximum Gasteiger partial charge on any atom is 0.235 e. The van der Waals surface area contributed by atoms with Gasteiger partial charge >= 0.3 is 0 Å². The number of hydrogen-bond acceptors (Lipinski definition) is 2. The highest BCUT2D eigenvalue weighted by molar-refractivity contribution is 7.99. The summed E-state index contributed by atoms with van der Waals surface area (Å²) in [6.07, 6.45) is 5.66. The molecule has 0 bridgehead atoms. The molecule has 1 atom stereocenters. The van der Waals surface area contributed by atoms with E-state index in [4.69, 9.17) is 0 Å². The molecule has 0 aliphatic carbocycles. The van der Waals surface area contributed by atoms with Crippen LogP contribution in [0.25, 0.3) is 0 Å². The van der Waals surface area contributed by atoms with Crippen molar-refractivity contribution in [2.75, 3.05) is 19.3 Å². The van der Waals surface area contributed by atoms with Gasteiger partial charge in [-0.15, -0.1) is 0 Å². The molecule has 0 N–H and O–H groups in total. The second-order valence-corrected chi connectivity index (χ2v) is 4.44. The van der Waals surface area contributed by atoms with Crippen LogP contribution in [0, 0.1) is 0 Å². The summed E-state index contributed by atoms with van der Waals surface area (Å²) in [7, 11) is 0. The summed E-state index contributed by atoms with van der Waals surface area (Å²) in [5.41, 5.74) is 0. The van der Waals surface area contributed by atoms with Gasteiger partial charge in [-0.05, 0) is 32.4 Å². The quantitative estimate of drug-likeness (QED) is 0.656. The zero-order chi connectivity index (χ0) is 8.97. The molecule has 0 saturated carbocycles. The van der Waals surface area contributed by atoms with Gasteiger partial charge in [-0.1, -0.05) is 0 Å². The van der Waals surface area contributed by atoms with Crippen LogP contribution in [0.4, 0.5) is 0 Å². The van der Waals surface area contributed by atoms with Crippen LogP contribution in [0.15, 0.2) is 0 Å². The van der Waals surface area contributed by atoms with Crippen molar-refractivity contribution < 1.29 is 4.79 Å². The van der Waals surface area contributed by atoms with Crippen molar-refractivity contribution in [3.8, 4) is 0 Å². The number of carbonyl (C=O) groups excluding carboxylic acids is 1. The van der Waals surface area contributed by atoms with Crippen molar-refractivity contribution in [3.63, 3.8) is 0 Å². The number of nitrogens with zero attached hydrogens (tertiary/aromatic N) is 1. The fourth-order valence-electron chi connectivity index (χ4n) is 1.47. The molecule has 1 aliphatic rings. The standard InChI is InChI=1S/C9H17NOS/c1-8(12-2)9(11)10-6-4-3-5-7-10/h8H,3-7H2,1-2H3. The molecular weight excluding hydrogens is 170 g/mol. The van der Waals surface area contributed by atoms with Crippen molar-refractivity contribution in [2.45, 2.75) is 31.4 Å². The summed E-state index contributed by atoms with van der Waals surface area (Å²) >= 11 is 1.64. The molecule has 12 heavy (non-hydrogen) atoms. The molecule has 0 aromatic heterocycles. The second kappa shape index (κ2) is 4.75. The lowest BCUT2D eigenvalue weighted by Gasteiger charge is -2.28. The van der Waals surface area contributed by atoms with E-state index in [1.54, 1.807) is 11.8 Å².